The molecule has 0 aliphatic heterocycles. The molecule has 0 N–H and O–H groups in total. The molecule has 1 heteroatoms. The topological polar surface area (TPSA) is 0 Å². The normalized spacial score (nSPS) is 25.4. The van der Waals surface area contributed by atoms with Crippen molar-refractivity contribution in [3.8, 4) is 0 Å². The molecule has 0 radical (unpaired) electrons. The Morgan fingerprint density at radius 2 is 1.65 bits per heavy atom. The smallest absolute Gasteiger partial charge is 0.0423 e. The number of halogens is 1. The number of hydrogen-bond donors (Lipinski definition) is 0. The van der Waals surface area contributed by atoms with Crippen LogP contribution in [0.4, 0.5) is 0 Å². The fourth-order valence-electron chi connectivity index (χ4n) is 3.17. The highest BCUT2D eigenvalue weighted by Crippen LogP contribution is 2.42. The Balaban J connectivity index is 2.06. The second-order valence-electron chi connectivity index (χ2n) is 7.28. The van der Waals surface area contributed by atoms with Gasteiger partial charge < -0.3 is 0 Å². The molecule has 112 valence electrons. The Morgan fingerprint density at radius 1 is 1.10 bits per heavy atom. The van der Waals surface area contributed by atoms with Crippen molar-refractivity contribution in [2.75, 3.05) is 0 Å². The summed E-state index contributed by atoms with van der Waals surface area (Å²) in [4.78, 5) is 0.536. The van der Waals surface area contributed by atoms with Crippen molar-refractivity contribution in [1.29, 1.82) is 0 Å². The molecule has 1 aliphatic rings. The van der Waals surface area contributed by atoms with Crippen molar-refractivity contribution in [3.63, 3.8) is 0 Å². The monoisotopic (exact) mass is 336 g/mol. The summed E-state index contributed by atoms with van der Waals surface area (Å²) in [6.45, 7) is 9.32. The quantitative estimate of drug-likeness (QED) is 0.540. The van der Waals surface area contributed by atoms with Gasteiger partial charge in [-0.3, -0.25) is 0 Å². The van der Waals surface area contributed by atoms with E-state index in [4.69, 9.17) is 0 Å². The maximum atomic E-state index is 3.96. The molecule has 0 heterocycles. The van der Waals surface area contributed by atoms with Crippen LogP contribution < -0.4 is 0 Å². The predicted octanol–water partition coefficient (Wildman–Crippen LogP) is 6.64. The third-order valence-corrected chi connectivity index (χ3v) is 6.65. The molecule has 1 aromatic carbocycles. The molecule has 20 heavy (non-hydrogen) atoms. The molecule has 1 unspecified atom stereocenters. The van der Waals surface area contributed by atoms with Crippen molar-refractivity contribution in [2.24, 2.45) is 11.8 Å². The molecular formula is C19H29Br. The highest BCUT2D eigenvalue weighted by molar-refractivity contribution is 9.09. The molecule has 1 aliphatic carbocycles. The van der Waals surface area contributed by atoms with Crippen LogP contribution in [0.2, 0.25) is 0 Å². The van der Waals surface area contributed by atoms with Gasteiger partial charge in [0.05, 0.1) is 0 Å². The van der Waals surface area contributed by atoms with E-state index in [0.717, 1.165) is 11.8 Å². The van der Waals surface area contributed by atoms with Crippen LogP contribution in [0.3, 0.4) is 0 Å². The van der Waals surface area contributed by atoms with Crippen LogP contribution in [0, 0.1) is 11.8 Å². The molecule has 0 saturated heterocycles. The number of rotatable bonds is 4. The fourth-order valence-corrected chi connectivity index (χ4v) is 4.01. The first-order valence-electron chi connectivity index (χ1n) is 8.18. The van der Waals surface area contributed by atoms with Gasteiger partial charge in [-0.1, -0.05) is 80.7 Å². The van der Waals surface area contributed by atoms with Crippen molar-refractivity contribution >= 4 is 15.9 Å². The van der Waals surface area contributed by atoms with Gasteiger partial charge in [0.25, 0.3) is 0 Å². The zero-order valence-corrected chi connectivity index (χ0v) is 15.0. The molecule has 0 nitrogen and oxygen atoms in total. The summed E-state index contributed by atoms with van der Waals surface area (Å²) in [6, 6.07) is 9.34. The first-order valence-corrected chi connectivity index (χ1v) is 9.10. The molecular weight excluding hydrogens is 308 g/mol. The SMILES string of the molecule is CCC(C)(C)c1ccc(C(Br)C2CCC(C)CC2)cc1. The second-order valence-corrected chi connectivity index (χ2v) is 8.27. The number of alkyl halides is 1. The van der Waals surface area contributed by atoms with Gasteiger partial charge in [0, 0.05) is 4.83 Å². The Kier molecular flexibility index (Phi) is 5.34. The highest BCUT2D eigenvalue weighted by Gasteiger charge is 2.26. The van der Waals surface area contributed by atoms with E-state index in [1.54, 1.807) is 0 Å². The molecule has 0 aromatic heterocycles. The third kappa shape index (κ3) is 3.67. The second kappa shape index (κ2) is 6.64. The summed E-state index contributed by atoms with van der Waals surface area (Å²) in [6.07, 6.45) is 6.73. The summed E-state index contributed by atoms with van der Waals surface area (Å²) in [7, 11) is 0. The lowest BCUT2D eigenvalue weighted by atomic mass is 9.79. The molecule has 1 fully saturated rings. The van der Waals surface area contributed by atoms with Gasteiger partial charge in [0.2, 0.25) is 0 Å². The van der Waals surface area contributed by atoms with E-state index in [0.29, 0.717) is 10.2 Å². The molecule has 1 atom stereocenters. The van der Waals surface area contributed by atoms with Crippen LogP contribution in [-0.4, -0.2) is 0 Å². The number of benzene rings is 1. The summed E-state index contributed by atoms with van der Waals surface area (Å²) in [5, 5.41) is 0. The Morgan fingerprint density at radius 3 is 2.15 bits per heavy atom. The summed E-state index contributed by atoms with van der Waals surface area (Å²) >= 11 is 3.96. The lowest BCUT2D eigenvalue weighted by Crippen LogP contribution is -2.17. The fraction of sp³-hybridized carbons (Fsp3) is 0.684. The minimum atomic E-state index is 0.292. The van der Waals surface area contributed by atoms with E-state index in [1.807, 2.05) is 0 Å². The average Bonchev–Trinajstić information content (AvgIpc) is 2.47. The maximum Gasteiger partial charge on any atom is 0.0423 e. The zero-order chi connectivity index (χ0) is 14.8. The van der Waals surface area contributed by atoms with E-state index in [9.17, 15) is 0 Å². The molecule has 0 amide bonds. The first-order chi connectivity index (χ1) is 9.44. The average molecular weight is 337 g/mol. The van der Waals surface area contributed by atoms with Crippen LogP contribution in [0.15, 0.2) is 24.3 Å². The van der Waals surface area contributed by atoms with E-state index >= 15 is 0 Å². The van der Waals surface area contributed by atoms with E-state index in [-0.39, 0.29) is 0 Å². The summed E-state index contributed by atoms with van der Waals surface area (Å²) in [5.41, 5.74) is 3.21. The van der Waals surface area contributed by atoms with Gasteiger partial charge in [0.15, 0.2) is 0 Å². The third-order valence-electron chi connectivity index (χ3n) is 5.37. The van der Waals surface area contributed by atoms with E-state index < -0.39 is 0 Å². The van der Waals surface area contributed by atoms with Gasteiger partial charge >= 0.3 is 0 Å². The van der Waals surface area contributed by atoms with Crippen LogP contribution in [-0.2, 0) is 5.41 Å². The van der Waals surface area contributed by atoms with Crippen molar-refractivity contribution in [3.05, 3.63) is 35.4 Å². The Labute approximate surface area is 133 Å². The minimum Gasteiger partial charge on any atom is -0.0836 e. The van der Waals surface area contributed by atoms with Crippen LogP contribution in [0.5, 0.6) is 0 Å². The van der Waals surface area contributed by atoms with Crippen molar-refractivity contribution in [1.82, 2.24) is 0 Å². The molecule has 1 saturated carbocycles. The maximum absolute atomic E-state index is 3.96. The van der Waals surface area contributed by atoms with Gasteiger partial charge in [-0.15, -0.1) is 0 Å². The summed E-state index contributed by atoms with van der Waals surface area (Å²) in [5.74, 6) is 1.75. The lowest BCUT2D eigenvalue weighted by Gasteiger charge is -2.30. The van der Waals surface area contributed by atoms with Gasteiger partial charge in [-0.2, -0.15) is 0 Å². The van der Waals surface area contributed by atoms with Crippen LogP contribution in [0.1, 0.15) is 75.8 Å². The van der Waals surface area contributed by atoms with E-state index in [1.165, 1.54) is 43.2 Å². The first kappa shape index (κ1) is 16.1. The molecule has 0 spiro atoms. The van der Waals surface area contributed by atoms with Gasteiger partial charge in [0.1, 0.15) is 0 Å². The lowest BCUT2D eigenvalue weighted by molar-refractivity contribution is 0.287. The van der Waals surface area contributed by atoms with Crippen molar-refractivity contribution in [2.45, 2.75) is 70.0 Å². The Hall–Kier alpha value is -0.300. The minimum absolute atomic E-state index is 0.292. The van der Waals surface area contributed by atoms with Gasteiger partial charge in [-0.05, 0) is 47.6 Å². The zero-order valence-electron chi connectivity index (χ0n) is 13.5. The predicted molar refractivity (Wildman–Crippen MR) is 92.5 cm³/mol. The van der Waals surface area contributed by atoms with Crippen LogP contribution >= 0.6 is 15.9 Å². The highest BCUT2D eigenvalue weighted by atomic mass is 79.9. The molecule has 0 bridgehead atoms. The molecule has 1 aromatic rings. The van der Waals surface area contributed by atoms with Crippen LogP contribution in [0.25, 0.3) is 0 Å². The largest absolute Gasteiger partial charge is 0.0836 e. The summed E-state index contributed by atoms with van der Waals surface area (Å²) < 4.78 is 0. The number of hydrogen-bond acceptors (Lipinski definition) is 0. The molecule has 2 rings (SSSR count). The van der Waals surface area contributed by atoms with Crippen molar-refractivity contribution < 1.29 is 0 Å². The van der Waals surface area contributed by atoms with E-state index in [2.05, 4.69) is 67.9 Å². The standard InChI is InChI=1S/C19H29Br/c1-5-19(3,4)17-12-10-16(11-13-17)18(20)15-8-6-14(2)7-9-15/h10-15,18H,5-9H2,1-4H3. The van der Waals surface area contributed by atoms with Gasteiger partial charge in [-0.25, -0.2) is 0 Å². The Bertz CT molecular complexity index is 410.